The van der Waals surface area contributed by atoms with Gasteiger partial charge in [0.1, 0.15) is 5.82 Å². The first kappa shape index (κ1) is 20.0. The van der Waals surface area contributed by atoms with Gasteiger partial charge in [0, 0.05) is 30.9 Å². The number of hydrogen-bond donors (Lipinski definition) is 1. The van der Waals surface area contributed by atoms with Gasteiger partial charge in [-0.2, -0.15) is 4.98 Å². The zero-order chi connectivity index (χ0) is 20.9. The second-order valence-electron chi connectivity index (χ2n) is 7.07. The Morgan fingerprint density at radius 1 is 1.27 bits per heavy atom. The topological polar surface area (TPSA) is 85.8 Å². The van der Waals surface area contributed by atoms with Gasteiger partial charge in [-0.3, -0.25) is 4.79 Å². The van der Waals surface area contributed by atoms with Crippen molar-refractivity contribution in [3.05, 3.63) is 71.5 Å². The van der Waals surface area contributed by atoms with E-state index in [0.29, 0.717) is 31.0 Å². The normalized spacial score (nSPS) is 12.1. The molecule has 154 valence electrons. The first-order valence-electron chi connectivity index (χ1n) is 9.86. The number of carbonyl (C=O) groups is 1. The number of nitrogens with one attached hydrogen (secondary N) is 1. The highest BCUT2D eigenvalue weighted by Crippen LogP contribution is 2.22. The van der Waals surface area contributed by atoms with Crippen LogP contribution in [0.3, 0.4) is 0 Å². The van der Waals surface area contributed by atoms with Crippen LogP contribution < -0.4 is 5.32 Å². The van der Waals surface area contributed by atoms with E-state index in [9.17, 15) is 4.79 Å². The van der Waals surface area contributed by atoms with Crippen molar-refractivity contribution in [2.75, 3.05) is 0 Å². The van der Waals surface area contributed by atoms with E-state index in [4.69, 9.17) is 4.52 Å². The fourth-order valence-corrected chi connectivity index (χ4v) is 3.88. The van der Waals surface area contributed by atoms with E-state index >= 15 is 0 Å². The largest absolute Gasteiger partial charge is 0.350 e. The molecule has 1 amide bonds. The predicted molar refractivity (Wildman–Crippen MR) is 115 cm³/mol. The van der Waals surface area contributed by atoms with Crippen LogP contribution in [0.15, 0.2) is 58.7 Å². The minimum absolute atomic E-state index is 0.00928. The Morgan fingerprint density at radius 2 is 2.10 bits per heavy atom. The maximum atomic E-state index is 12.3. The Balaban J connectivity index is 1.25. The highest BCUT2D eigenvalue weighted by Gasteiger charge is 2.12. The number of benzene rings is 1. The third-order valence-electron chi connectivity index (χ3n) is 4.88. The van der Waals surface area contributed by atoms with Crippen molar-refractivity contribution < 1.29 is 9.32 Å². The molecule has 0 radical (unpaired) electrons. The van der Waals surface area contributed by atoms with E-state index in [1.165, 1.54) is 0 Å². The van der Waals surface area contributed by atoms with Gasteiger partial charge in [-0.25, -0.2) is 4.98 Å². The van der Waals surface area contributed by atoms with E-state index in [-0.39, 0.29) is 11.9 Å². The molecule has 1 atom stereocenters. The SMILES string of the molecule is Cc1nccn1-c1ccc([C@H](C)NC(=O)CCCc2nc(-c3cccs3)no2)cc1. The minimum atomic E-state index is -0.0655. The Kier molecular flexibility index (Phi) is 6.04. The van der Waals surface area contributed by atoms with Crippen molar-refractivity contribution in [1.82, 2.24) is 25.0 Å². The first-order chi connectivity index (χ1) is 14.6. The van der Waals surface area contributed by atoms with Crippen LogP contribution in [-0.2, 0) is 11.2 Å². The molecule has 0 aliphatic heterocycles. The number of aryl methyl sites for hydroxylation is 2. The second kappa shape index (κ2) is 9.04. The number of thiophene rings is 1. The highest BCUT2D eigenvalue weighted by molar-refractivity contribution is 7.13. The van der Waals surface area contributed by atoms with Gasteiger partial charge in [0.25, 0.3) is 0 Å². The van der Waals surface area contributed by atoms with Gasteiger partial charge in [-0.1, -0.05) is 23.4 Å². The van der Waals surface area contributed by atoms with Crippen molar-refractivity contribution in [1.29, 1.82) is 0 Å². The van der Waals surface area contributed by atoms with E-state index in [2.05, 4.69) is 20.4 Å². The lowest BCUT2D eigenvalue weighted by Gasteiger charge is -2.15. The van der Waals surface area contributed by atoms with Gasteiger partial charge in [0.05, 0.1) is 10.9 Å². The van der Waals surface area contributed by atoms with Gasteiger partial charge in [-0.05, 0) is 49.4 Å². The monoisotopic (exact) mass is 421 g/mol. The fourth-order valence-electron chi connectivity index (χ4n) is 3.23. The molecule has 0 fully saturated rings. The second-order valence-corrected chi connectivity index (χ2v) is 8.02. The molecule has 0 unspecified atom stereocenters. The van der Waals surface area contributed by atoms with Crippen molar-refractivity contribution in [2.24, 2.45) is 0 Å². The molecule has 0 saturated carbocycles. The van der Waals surface area contributed by atoms with Gasteiger partial charge < -0.3 is 14.4 Å². The van der Waals surface area contributed by atoms with E-state index in [0.717, 1.165) is 22.0 Å². The first-order valence-corrected chi connectivity index (χ1v) is 10.7. The molecule has 0 aliphatic rings. The molecule has 4 rings (SSSR count). The van der Waals surface area contributed by atoms with Gasteiger partial charge >= 0.3 is 0 Å². The average Bonchev–Trinajstić information content (AvgIpc) is 3.50. The smallest absolute Gasteiger partial charge is 0.226 e. The van der Waals surface area contributed by atoms with Crippen LogP contribution in [0.2, 0.25) is 0 Å². The number of rotatable bonds is 8. The maximum Gasteiger partial charge on any atom is 0.226 e. The van der Waals surface area contributed by atoms with Crippen molar-refractivity contribution in [2.45, 2.75) is 39.2 Å². The zero-order valence-corrected chi connectivity index (χ0v) is 17.7. The Hall–Kier alpha value is -3.26. The maximum absolute atomic E-state index is 12.3. The Labute approximate surface area is 178 Å². The van der Waals surface area contributed by atoms with Crippen LogP contribution in [0.25, 0.3) is 16.4 Å². The number of hydrogen-bond acceptors (Lipinski definition) is 6. The number of imidazole rings is 1. The average molecular weight is 422 g/mol. The standard InChI is InChI=1S/C22H23N5O2S/c1-15(17-8-10-18(11-9-17)27-13-12-23-16(27)2)24-20(28)6-3-7-21-25-22(26-29-21)19-5-4-14-30-19/h4-5,8-15H,3,6-7H2,1-2H3,(H,24,28)/t15-/m0/s1. The number of carbonyl (C=O) groups excluding carboxylic acids is 1. The third kappa shape index (κ3) is 4.65. The molecule has 30 heavy (non-hydrogen) atoms. The zero-order valence-electron chi connectivity index (χ0n) is 16.9. The van der Waals surface area contributed by atoms with Crippen molar-refractivity contribution in [3.63, 3.8) is 0 Å². The van der Waals surface area contributed by atoms with E-state index < -0.39 is 0 Å². The molecule has 3 aromatic heterocycles. The molecular weight excluding hydrogens is 398 g/mol. The molecule has 0 spiro atoms. The van der Waals surface area contributed by atoms with Gasteiger partial charge in [0.2, 0.25) is 17.6 Å². The molecule has 1 aromatic carbocycles. The van der Waals surface area contributed by atoms with Crippen LogP contribution in [-0.4, -0.2) is 25.6 Å². The summed E-state index contributed by atoms with van der Waals surface area (Å²) in [6.45, 7) is 3.95. The van der Waals surface area contributed by atoms with Crippen LogP contribution in [0.4, 0.5) is 0 Å². The summed E-state index contributed by atoms with van der Waals surface area (Å²) in [6, 6.07) is 12.0. The van der Waals surface area contributed by atoms with E-state index in [1.807, 2.05) is 66.4 Å². The molecule has 0 bridgehead atoms. The number of nitrogens with zero attached hydrogens (tertiary/aromatic N) is 4. The molecule has 3 heterocycles. The van der Waals surface area contributed by atoms with Crippen molar-refractivity contribution >= 4 is 17.2 Å². The van der Waals surface area contributed by atoms with Gasteiger partial charge in [0.15, 0.2) is 0 Å². The summed E-state index contributed by atoms with van der Waals surface area (Å²) in [5.74, 6) is 2.11. The molecule has 7 nitrogen and oxygen atoms in total. The molecule has 8 heteroatoms. The third-order valence-corrected chi connectivity index (χ3v) is 5.74. The molecule has 0 saturated heterocycles. The predicted octanol–water partition coefficient (Wildman–Crippen LogP) is 4.49. The molecule has 4 aromatic rings. The van der Waals surface area contributed by atoms with Crippen LogP contribution in [0, 0.1) is 6.92 Å². The Bertz CT molecular complexity index is 1100. The summed E-state index contributed by atoms with van der Waals surface area (Å²) in [7, 11) is 0. The van der Waals surface area contributed by atoms with E-state index in [1.54, 1.807) is 17.5 Å². The van der Waals surface area contributed by atoms with Crippen LogP contribution in [0.1, 0.15) is 43.1 Å². The number of aromatic nitrogens is 4. The van der Waals surface area contributed by atoms with Crippen LogP contribution in [0.5, 0.6) is 0 Å². The summed E-state index contributed by atoms with van der Waals surface area (Å²) in [5.41, 5.74) is 2.11. The van der Waals surface area contributed by atoms with Crippen LogP contribution >= 0.6 is 11.3 Å². The Morgan fingerprint density at radius 3 is 2.80 bits per heavy atom. The summed E-state index contributed by atoms with van der Waals surface area (Å²) >= 11 is 1.57. The number of amides is 1. The molecule has 1 N–H and O–H groups in total. The lowest BCUT2D eigenvalue weighted by atomic mass is 10.1. The highest BCUT2D eigenvalue weighted by atomic mass is 32.1. The summed E-state index contributed by atoms with van der Waals surface area (Å²) in [6.07, 6.45) is 5.36. The molecular formula is C22H23N5O2S. The van der Waals surface area contributed by atoms with Gasteiger partial charge in [-0.15, -0.1) is 11.3 Å². The summed E-state index contributed by atoms with van der Waals surface area (Å²) in [5, 5.41) is 9.02. The minimum Gasteiger partial charge on any atom is -0.350 e. The fraction of sp³-hybridized carbons (Fsp3) is 0.273. The summed E-state index contributed by atoms with van der Waals surface area (Å²) in [4.78, 5) is 21.9. The van der Waals surface area contributed by atoms with Crippen molar-refractivity contribution in [3.8, 4) is 16.4 Å². The lowest BCUT2D eigenvalue weighted by molar-refractivity contribution is -0.121. The quantitative estimate of drug-likeness (QED) is 0.453. The summed E-state index contributed by atoms with van der Waals surface area (Å²) < 4.78 is 7.30. The molecule has 0 aliphatic carbocycles. The lowest BCUT2D eigenvalue weighted by Crippen LogP contribution is -2.26.